The fraction of sp³-hybridized carbons (Fsp3) is 0.818. The molecule has 1 fully saturated rings. The molecule has 14 heavy (non-hydrogen) atoms. The first-order chi connectivity index (χ1) is 6.65. The molecule has 1 saturated heterocycles. The zero-order valence-electron chi connectivity index (χ0n) is 8.69. The molecule has 0 amide bonds. The maximum absolute atomic E-state index is 9.81. The Kier molecular flexibility index (Phi) is 4.40. The lowest BCUT2D eigenvalue weighted by atomic mass is 9.88. The molecule has 1 rings (SSSR count). The van der Waals surface area contributed by atoms with E-state index in [0.29, 0.717) is 12.8 Å². The zero-order valence-corrected chi connectivity index (χ0v) is 8.69. The predicted octanol–water partition coefficient (Wildman–Crippen LogP) is 0.0733. The number of terminal acetylenes is 1. The van der Waals surface area contributed by atoms with E-state index in [1.54, 1.807) is 0 Å². The minimum atomic E-state index is -0.469. The summed E-state index contributed by atoms with van der Waals surface area (Å²) in [6.45, 7) is 1.66. The maximum Gasteiger partial charge on any atom is 0.0617 e. The fourth-order valence-corrected chi connectivity index (χ4v) is 1.96. The second-order valence-corrected chi connectivity index (χ2v) is 4.09. The summed E-state index contributed by atoms with van der Waals surface area (Å²) >= 11 is 0. The van der Waals surface area contributed by atoms with Crippen molar-refractivity contribution in [2.45, 2.75) is 31.5 Å². The van der Waals surface area contributed by atoms with Gasteiger partial charge in [0.15, 0.2) is 0 Å². The van der Waals surface area contributed by atoms with Crippen molar-refractivity contribution in [2.24, 2.45) is 5.92 Å². The summed E-state index contributed by atoms with van der Waals surface area (Å²) in [5.74, 6) is 2.47. The number of rotatable bonds is 3. The molecule has 0 radical (unpaired) electrons. The second kappa shape index (κ2) is 5.35. The van der Waals surface area contributed by atoms with Crippen molar-refractivity contribution >= 4 is 0 Å². The number of piperidine rings is 1. The molecule has 0 saturated carbocycles. The molecule has 0 bridgehead atoms. The maximum atomic E-state index is 9.81. The fourth-order valence-electron chi connectivity index (χ4n) is 1.96. The highest BCUT2D eigenvalue weighted by Gasteiger charge is 2.31. The Hall–Kier alpha value is -0.560. The standard InChI is InChI=1S/C11H19NO2/c1-3-4-5-10(13)9-8-12(2)7-6-11(9)14/h1,9-11,13-14H,4-8H2,2H3. The monoisotopic (exact) mass is 197 g/mol. The third-order valence-corrected chi connectivity index (χ3v) is 2.90. The average molecular weight is 197 g/mol. The summed E-state index contributed by atoms with van der Waals surface area (Å²) in [4.78, 5) is 2.14. The van der Waals surface area contributed by atoms with Crippen LogP contribution in [0.25, 0.3) is 0 Å². The lowest BCUT2D eigenvalue weighted by Crippen LogP contribution is -2.46. The van der Waals surface area contributed by atoms with E-state index >= 15 is 0 Å². The normalized spacial score (nSPS) is 31.0. The second-order valence-electron chi connectivity index (χ2n) is 4.09. The highest BCUT2D eigenvalue weighted by Crippen LogP contribution is 2.21. The Morgan fingerprint density at radius 3 is 3.00 bits per heavy atom. The van der Waals surface area contributed by atoms with Gasteiger partial charge < -0.3 is 15.1 Å². The molecule has 3 unspecified atom stereocenters. The van der Waals surface area contributed by atoms with E-state index in [-0.39, 0.29) is 12.0 Å². The summed E-state index contributed by atoms with van der Waals surface area (Å²) < 4.78 is 0. The van der Waals surface area contributed by atoms with Crippen molar-refractivity contribution in [3.8, 4) is 12.3 Å². The first kappa shape index (κ1) is 11.5. The van der Waals surface area contributed by atoms with E-state index in [1.807, 2.05) is 7.05 Å². The van der Waals surface area contributed by atoms with Crippen LogP contribution in [0.4, 0.5) is 0 Å². The number of aliphatic hydroxyl groups excluding tert-OH is 2. The summed E-state index contributed by atoms with van der Waals surface area (Å²) in [5.41, 5.74) is 0. The van der Waals surface area contributed by atoms with E-state index in [0.717, 1.165) is 19.5 Å². The topological polar surface area (TPSA) is 43.7 Å². The van der Waals surface area contributed by atoms with Crippen molar-refractivity contribution < 1.29 is 10.2 Å². The quantitative estimate of drug-likeness (QED) is 0.629. The molecular weight excluding hydrogens is 178 g/mol. The molecule has 0 aromatic carbocycles. The average Bonchev–Trinajstić information content (AvgIpc) is 2.18. The SMILES string of the molecule is C#CCCC(O)C1CN(C)CCC1O. The largest absolute Gasteiger partial charge is 0.393 e. The lowest BCUT2D eigenvalue weighted by Gasteiger charge is -2.36. The van der Waals surface area contributed by atoms with Crippen LogP contribution in [-0.4, -0.2) is 47.5 Å². The van der Waals surface area contributed by atoms with Gasteiger partial charge in [0.05, 0.1) is 12.2 Å². The zero-order chi connectivity index (χ0) is 10.6. The Morgan fingerprint density at radius 1 is 1.64 bits per heavy atom. The van der Waals surface area contributed by atoms with Crippen molar-refractivity contribution in [3.63, 3.8) is 0 Å². The number of likely N-dealkylation sites (tertiary alicyclic amines) is 1. The summed E-state index contributed by atoms with van der Waals surface area (Å²) in [7, 11) is 2.01. The van der Waals surface area contributed by atoms with Crippen LogP contribution in [0.2, 0.25) is 0 Å². The number of aliphatic hydroxyl groups is 2. The van der Waals surface area contributed by atoms with Crippen molar-refractivity contribution in [3.05, 3.63) is 0 Å². The van der Waals surface area contributed by atoms with Gasteiger partial charge in [0.25, 0.3) is 0 Å². The van der Waals surface area contributed by atoms with E-state index in [1.165, 1.54) is 0 Å². The van der Waals surface area contributed by atoms with Gasteiger partial charge in [-0.25, -0.2) is 0 Å². The van der Waals surface area contributed by atoms with Gasteiger partial charge in [-0.1, -0.05) is 0 Å². The molecule has 1 heterocycles. The molecule has 3 heteroatoms. The van der Waals surface area contributed by atoms with E-state index in [4.69, 9.17) is 6.42 Å². The van der Waals surface area contributed by atoms with Gasteiger partial charge in [-0.3, -0.25) is 0 Å². The minimum absolute atomic E-state index is 0.0397. The molecule has 2 N–H and O–H groups in total. The summed E-state index contributed by atoms with van der Waals surface area (Å²) in [6, 6.07) is 0. The Bertz CT molecular complexity index is 212. The van der Waals surface area contributed by atoms with Crippen LogP contribution >= 0.6 is 0 Å². The predicted molar refractivity (Wildman–Crippen MR) is 55.7 cm³/mol. The Balaban J connectivity index is 2.43. The third kappa shape index (κ3) is 2.98. The van der Waals surface area contributed by atoms with Crippen LogP contribution in [0.15, 0.2) is 0 Å². The molecule has 3 nitrogen and oxygen atoms in total. The van der Waals surface area contributed by atoms with Crippen LogP contribution in [0.1, 0.15) is 19.3 Å². The number of hydrogen-bond donors (Lipinski definition) is 2. The first-order valence-electron chi connectivity index (χ1n) is 5.13. The molecule has 1 aliphatic rings. The molecule has 0 aromatic heterocycles. The van der Waals surface area contributed by atoms with E-state index < -0.39 is 6.10 Å². The molecule has 80 valence electrons. The highest BCUT2D eigenvalue weighted by atomic mass is 16.3. The van der Waals surface area contributed by atoms with Crippen molar-refractivity contribution in [1.82, 2.24) is 4.90 Å². The van der Waals surface area contributed by atoms with Gasteiger partial charge in [0, 0.05) is 25.4 Å². The third-order valence-electron chi connectivity index (χ3n) is 2.90. The van der Waals surface area contributed by atoms with Crippen LogP contribution < -0.4 is 0 Å². The van der Waals surface area contributed by atoms with Crippen LogP contribution in [-0.2, 0) is 0 Å². The molecule has 0 aliphatic carbocycles. The van der Waals surface area contributed by atoms with Crippen molar-refractivity contribution in [1.29, 1.82) is 0 Å². The first-order valence-corrected chi connectivity index (χ1v) is 5.13. The summed E-state index contributed by atoms with van der Waals surface area (Å²) in [5, 5.41) is 19.5. The van der Waals surface area contributed by atoms with Gasteiger partial charge in [0.1, 0.15) is 0 Å². The number of hydrogen-bond acceptors (Lipinski definition) is 3. The minimum Gasteiger partial charge on any atom is -0.393 e. The molecule has 3 atom stereocenters. The van der Waals surface area contributed by atoms with Gasteiger partial charge in [-0.15, -0.1) is 12.3 Å². The number of nitrogens with zero attached hydrogens (tertiary/aromatic N) is 1. The van der Waals surface area contributed by atoms with Crippen LogP contribution in [0, 0.1) is 18.3 Å². The molecule has 1 aliphatic heterocycles. The van der Waals surface area contributed by atoms with Gasteiger partial charge >= 0.3 is 0 Å². The van der Waals surface area contributed by atoms with Gasteiger partial charge in [-0.05, 0) is 19.9 Å². The lowest BCUT2D eigenvalue weighted by molar-refractivity contribution is -0.0348. The van der Waals surface area contributed by atoms with Crippen LogP contribution in [0.5, 0.6) is 0 Å². The smallest absolute Gasteiger partial charge is 0.0617 e. The van der Waals surface area contributed by atoms with Crippen LogP contribution in [0.3, 0.4) is 0 Å². The molecule has 0 aromatic rings. The van der Waals surface area contributed by atoms with E-state index in [2.05, 4.69) is 10.8 Å². The molecule has 0 spiro atoms. The van der Waals surface area contributed by atoms with Gasteiger partial charge in [0.2, 0.25) is 0 Å². The van der Waals surface area contributed by atoms with Crippen molar-refractivity contribution in [2.75, 3.05) is 20.1 Å². The van der Waals surface area contributed by atoms with Gasteiger partial charge in [-0.2, -0.15) is 0 Å². The highest BCUT2D eigenvalue weighted by molar-refractivity contribution is 4.88. The summed E-state index contributed by atoms with van der Waals surface area (Å²) in [6.07, 6.45) is 6.20. The van der Waals surface area contributed by atoms with E-state index in [9.17, 15) is 10.2 Å². The molecular formula is C11H19NO2. The Morgan fingerprint density at radius 2 is 2.36 bits per heavy atom. The Labute approximate surface area is 85.7 Å².